The summed E-state index contributed by atoms with van der Waals surface area (Å²) in [6.07, 6.45) is 0. The Balaban J connectivity index is 2.15. The van der Waals surface area contributed by atoms with Gasteiger partial charge in [-0.15, -0.1) is 0 Å². The molecule has 0 atom stereocenters. The number of amides is 1. The third kappa shape index (κ3) is 3.51. The van der Waals surface area contributed by atoms with Crippen LogP contribution in [0.3, 0.4) is 0 Å². The van der Waals surface area contributed by atoms with Crippen LogP contribution in [0.5, 0.6) is 11.5 Å². The van der Waals surface area contributed by atoms with Crippen molar-refractivity contribution in [3.8, 4) is 11.5 Å². The van der Waals surface area contributed by atoms with Crippen molar-refractivity contribution in [2.45, 2.75) is 6.61 Å². The van der Waals surface area contributed by atoms with Crippen molar-refractivity contribution in [1.82, 2.24) is 0 Å². The quantitative estimate of drug-likeness (QED) is 0.912. The third-order valence-corrected chi connectivity index (χ3v) is 3.22. The summed E-state index contributed by atoms with van der Waals surface area (Å²) < 4.78 is 11.9. The Hall–Kier alpha value is -2.01. The van der Waals surface area contributed by atoms with Crippen molar-refractivity contribution in [3.63, 3.8) is 0 Å². The maximum absolute atomic E-state index is 11.1. The first kappa shape index (κ1) is 14.4. The standard InChI is InChI=1S/C15H14BrNO3/c1-19-14-8-11(15(17)18)5-6-13(14)20-9-10-3-2-4-12(16)7-10/h2-8H,9H2,1H3,(H2,17,18). The summed E-state index contributed by atoms with van der Waals surface area (Å²) in [5.41, 5.74) is 6.64. The monoisotopic (exact) mass is 335 g/mol. The molecule has 0 aliphatic carbocycles. The summed E-state index contributed by atoms with van der Waals surface area (Å²) in [6, 6.07) is 12.7. The van der Waals surface area contributed by atoms with Gasteiger partial charge in [0.25, 0.3) is 0 Å². The summed E-state index contributed by atoms with van der Waals surface area (Å²) in [6.45, 7) is 0.408. The minimum Gasteiger partial charge on any atom is -0.493 e. The van der Waals surface area contributed by atoms with Crippen molar-refractivity contribution >= 4 is 21.8 Å². The van der Waals surface area contributed by atoms with E-state index in [2.05, 4.69) is 15.9 Å². The fourth-order valence-corrected chi connectivity index (χ4v) is 2.17. The number of carbonyl (C=O) groups is 1. The molecule has 2 aromatic rings. The second-order valence-electron chi connectivity index (χ2n) is 4.15. The summed E-state index contributed by atoms with van der Waals surface area (Å²) in [5.74, 6) is 0.551. The Kier molecular flexibility index (Phi) is 4.63. The van der Waals surface area contributed by atoms with Gasteiger partial charge >= 0.3 is 0 Å². The molecule has 0 heterocycles. The molecule has 0 saturated heterocycles. The zero-order chi connectivity index (χ0) is 14.5. The number of benzene rings is 2. The smallest absolute Gasteiger partial charge is 0.248 e. The molecule has 4 nitrogen and oxygen atoms in total. The molecule has 0 aliphatic heterocycles. The van der Waals surface area contributed by atoms with Crippen LogP contribution in [0.1, 0.15) is 15.9 Å². The van der Waals surface area contributed by atoms with Gasteiger partial charge in [0.15, 0.2) is 11.5 Å². The molecule has 0 bridgehead atoms. The Bertz CT molecular complexity index is 628. The van der Waals surface area contributed by atoms with Crippen molar-refractivity contribution in [3.05, 3.63) is 58.1 Å². The molecule has 0 fully saturated rings. The van der Waals surface area contributed by atoms with Crippen LogP contribution in [0.2, 0.25) is 0 Å². The molecular formula is C15H14BrNO3. The highest BCUT2D eigenvalue weighted by Gasteiger charge is 2.09. The highest BCUT2D eigenvalue weighted by molar-refractivity contribution is 9.10. The first-order valence-corrected chi connectivity index (χ1v) is 6.74. The van der Waals surface area contributed by atoms with E-state index in [4.69, 9.17) is 15.2 Å². The van der Waals surface area contributed by atoms with Gasteiger partial charge in [-0.3, -0.25) is 4.79 Å². The average Bonchev–Trinajstić information content (AvgIpc) is 2.45. The van der Waals surface area contributed by atoms with Crippen molar-refractivity contribution in [2.75, 3.05) is 7.11 Å². The number of nitrogens with two attached hydrogens (primary N) is 1. The summed E-state index contributed by atoms with van der Waals surface area (Å²) in [4.78, 5) is 11.1. The predicted octanol–water partition coefficient (Wildman–Crippen LogP) is 3.14. The highest BCUT2D eigenvalue weighted by Crippen LogP contribution is 2.28. The van der Waals surface area contributed by atoms with Crippen LogP contribution in [0.25, 0.3) is 0 Å². The molecule has 0 radical (unpaired) electrons. The number of ether oxygens (including phenoxy) is 2. The number of carbonyl (C=O) groups excluding carboxylic acids is 1. The molecule has 0 saturated carbocycles. The zero-order valence-corrected chi connectivity index (χ0v) is 12.5. The van der Waals surface area contributed by atoms with E-state index in [1.165, 1.54) is 7.11 Å². The fourth-order valence-electron chi connectivity index (χ4n) is 1.73. The molecule has 2 N–H and O–H groups in total. The first-order valence-electron chi connectivity index (χ1n) is 5.95. The highest BCUT2D eigenvalue weighted by atomic mass is 79.9. The van der Waals surface area contributed by atoms with E-state index >= 15 is 0 Å². The molecule has 0 aromatic heterocycles. The molecule has 2 aromatic carbocycles. The van der Waals surface area contributed by atoms with Gasteiger partial charge in [-0.25, -0.2) is 0 Å². The average molecular weight is 336 g/mol. The first-order chi connectivity index (χ1) is 9.60. The number of hydrogen-bond donors (Lipinski definition) is 1. The van der Waals surface area contributed by atoms with Gasteiger partial charge in [0, 0.05) is 10.0 Å². The number of primary amides is 1. The van der Waals surface area contributed by atoms with Gasteiger partial charge in [0.05, 0.1) is 7.11 Å². The SMILES string of the molecule is COc1cc(C(N)=O)ccc1OCc1cccc(Br)c1. The Labute approximate surface area is 125 Å². The summed E-state index contributed by atoms with van der Waals surface area (Å²) >= 11 is 3.41. The molecule has 1 amide bonds. The lowest BCUT2D eigenvalue weighted by Crippen LogP contribution is -2.11. The molecule has 0 unspecified atom stereocenters. The van der Waals surface area contributed by atoms with Crippen molar-refractivity contribution < 1.29 is 14.3 Å². The zero-order valence-electron chi connectivity index (χ0n) is 10.9. The van der Waals surface area contributed by atoms with E-state index in [9.17, 15) is 4.79 Å². The molecule has 104 valence electrons. The van der Waals surface area contributed by atoms with Crippen LogP contribution in [-0.4, -0.2) is 13.0 Å². The predicted molar refractivity (Wildman–Crippen MR) is 80.0 cm³/mol. The van der Waals surface area contributed by atoms with Gasteiger partial charge in [0.2, 0.25) is 5.91 Å². The molecule has 5 heteroatoms. The van der Waals surface area contributed by atoms with Crippen LogP contribution in [-0.2, 0) is 6.61 Å². The van der Waals surface area contributed by atoms with E-state index in [1.807, 2.05) is 24.3 Å². The largest absolute Gasteiger partial charge is 0.493 e. The molecule has 0 spiro atoms. The van der Waals surface area contributed by atoms with E-state index in [0.29, 0.717) is 23.7 Å². The number of rotatable bonds is 5. The van der Waals surface area contributed by atoms with Crippen LogP contribution in [0.15, 0.2) is 46.9 Å². The minimum absolute atomic E-state index is 0.386. The van der Waals surface area contributed by atoms with Crippen LogP contribution < -0.4 is 15.2 Å². The van der Waals surface area contributed by atoms with Gasteiger partial charge < -0.3 is 15.2 Å². The summed E-state index contributed by atoms with van der Waals surface area (Å²) in [5, 5.41) is 0. The van der Waals surface area contributed by atoms with E-state index in [-0.39, 0.29) is 0 Å². The fraction of sp³-hybridized carbons (Fsp3) is 0.133. The molecular weight excluding hydrogens is 322 g/mol. The Morgan fingerprint density at radius 2 is 2.00 bits per heavy atom. The summed E-state index contributed by atoms with van der Waals surface area (Å²) in [7, 11) is 1.52. The second-order valence-corrected chi connectivity index (χ2v) is 5.06. The Morgan fingerprint density at radius 1 is 1.20 bits per heavy atom. The van der Waals surface area contributed by atoms with Crippen LogP contribution in [0.4, 0.5) is 0 Å². The lowest BCUT2D eigenvalue weighted by atomic mass is 10.2. The van der Waals surface area contributed by atoms with E-state index in [0.717, 1.165) is 10.0 Å². The van der Waals surface area contributed by atoms with Crippen molar-refractivity contribution in [2.24, 2.45) is 5.73 Å². The van der Waals surface area contributed by atoms with Gasteiger partial charge in [0.1, 0.15) is 6.61 Å². The Morgan fingerprint density at radius 3 is 2.65 bits per heavy atom. The maximum atomic E-state index is 11.1. The van der Waals surface area contributed by atoms with Gasteiger partial charge in [-0.2, -0.15) is 0 Å². The van der Waals surface area contributed by atoms with Crippen molar-refractivity contribution in [1.29, 1.82) is 0 Å². The van der Waals surface area contributed by atoms with Crippen LogP contribution >= 0.6 is 15.9 Å². The van der Waals surface area contributed by atoms with E-state index < -0.39 is 5.91 Å². The molecule has 20 heavy (non-hydrogen) atoms. The number of methoxy groups -OCH3 is 1. The third-order valence-electron chi connectivity index (χ3n) is 2.73. The normalized spacial score (nSPS) is 10.1. The van der Waals surface area contributed by atoms with Gasteiger partial charge in [-0.1, -0.05) is 28.1 Å². The molecule has 2 rings (SSSR count). The lowest BCUT2D eigenvalue weighted by Gasteiger charge is -2.11. The topological polar surface area (TPSA) is 61.5 Å². The molecule has 0 aliphatic rings. The van der Waals surface area contributed by atoms with Crippen LogP contribution in [0, 0.1) is 0 Å². The second kappa shape index (κ2) is 6.43. The maximum Gasteiger partial charge on any atom is 0.248 e. The minimum atomic E-state index is -0.498. The number of hydrogen-bond acceptors (Lipinski definition) is 3. The lowest BCUT2D eigenvalue weighted by molar-refractivity contribution is 0.1000. The van der Waals surface area contributed by atoms with Gasteiger partial charge in [-0.05, 0) is 35.9 Å². The van der Waals surface area contributed by atoms with E-state index in [1.54, 1.807) is 18.2 Å². The number of halogens is 1.